The Hall–Kier alpha value is -2.40. The molecule has 2 aromatic rings. The molecular weight excluding hydrogens is 280 g/mol. The molecule has 0 aromatic heterocycles. The lowest BCUT2D eigenvalue weighted by Gasteiger charge is -2.35. The van der Waals surface area contributed by atoms with Crippen LogP contribution in [-0.2, 0) is 16.0 Å². The first-order valence-corrected chi connectivity index (χ1v) is 7.32. The van der Waals surface area contributed by atoms with Gasteiger partial charge < -0.3 is 15.3 Å². The standard InChI is InChI=1S/C17H18N2O3/c20-14-10-19(11-14)17(22)9-18-16(21)8-13-6-3-5-12-4-1-2-7-15(12)13/h1-7,14,20H,8-11H2,(H,18,21). The summed E-state index contributed by atoms with van der Waals surface area (Å²) in [6.07, 6.45) is -0.174. The highest BCUT2D eigenvalue weighted by atomic mass is 16.3. The minimum Gasteiger partial charge on any atom is -0.389 e. The molecule has 0 bridgehead atoms. The summed E-state index contributed by atoms with van der Waals surface area (Å²) in [5.74, 6) is -0.331. The van der Waals surface area contributed by atoms with Gasteiger partial charge in [-0.05, 0) is 16.3 Å². The molecule has 0 aliphatic carbocycles. The molecule has 0 atom stereocenters. The summed E-state index contributed by atoms with van der Waals surface area (Å²) < 4.78 is 0. The van der Waals surface area contributed by atoms with Crippen molar-refractivity contribution in [3.63, 3.8) is 0 Å². The molecule has 0 unspecified atom stereocenters. The molecule has 1 aliphatic rings. The molecular formula is C17H18N2O3. The highest BCUT2D eigenvalue weighted by Gasteiger charge is 2.28. The molecule has 1 fully saturated rings. The average Bonchev–Trinajstić information content (AvgIpc) is 2.50. The third kappa shape index (κ3) is 3.09. The fourth-order valence-corrected chi connectivity index (χ4v) is 2.63. The lowest BCUT2D eigenvalue weighted by Crippen LogP contribution is -2.56. The fourth-order valence-electron chi connectivity index (χ4n) is 2.63. The first-order chi connectivity index (χ1) is 10.6. The number of fused-ring (bicyclic) bond motifs is 1. The van der Waals surface area contributed by atoms with E-state index in [-0.39, 0.29) is 24.8 Å². The van der Waals surface area contributed by atoms with E-state index in [0.29, 0.717) is 13.1 Å². The Labute approximate surface area is 128 Å². The van der Waals surface area contributed by atoms with Crippen LogP contribution in [0.3, 0.4) is 0 Å². The van der Waals surface area contributed by atoms with Gasteiger partial charge in [-0.1, -0.05) is 42.5 Å². The van der Waals surface area contributed by atoms with E-state index in [4.69, 9.17) is 5.11 Å². The number of aliphatic hydroxyl groups excluding tert-OH is 1. The number of hydrogen-bond donors (Lipinski definition) is 2. The van der Waals surface area contributed by atoms with Crippen molar-refractivity contribution in [1.82, 2.24) is 10.2 Å². The lowest BCUT2D eigenvalue weighted by molar-refractivity contribution is -0.141. The number of carbonyl (C=O) groups excluding carboxylic acids is 2. The zero-order valence-electron chi connectivity index (χ0n) is 12.2. The molecule has 0 radical (unpaired) electrons. The van der Waals surface area contributed by atoms with Crippen molar-refractivity contribution in [2.45, 2.75) is 12.5 Å². The minimum atomic E-state index is -0.421. The number of carbonyl (C=O) groups is 2. The van der Waals surface area contributed by atoms with Gasteiger partial charge in [0, 0.05) is 13.1 Å². The van der Waals surface area contributed by atoms with Crippen LogP contribution < -0.4 is 5.32 Å². The monoisotopic (exact) mass is 298 g/mol. The molecule has 2 amide bonds. The zero-order chi connectivity index (χ0) is 15.5. The first kappa shape index (κ1) is 14.5. The van der Waals surface area contributed by atoms with Crippen LogP contribution in [0.2, 0.25) is 0 Å². The second kappa shape index (κ2) is 6.15. The van der Waals surface area contributed by atoms with Gasteiger partial charge in [-0.3, -0.25) is 9.59 Å². The minimum absolute atomic E-state index is 0.0175. The van der Waals surface area contributed by atoms with Gasteiger partial charge in [0.05, 0.1) is 19.1 Å². The van der Waals surface area contributed by atoms with Gasteiger partial charge in [0.15, 0.2) is 0 Å². The maximum absolute atomic E-state index is 12.0. The van der Waals surface area contributed by atoms with Crippen LogP contribution in [-0.4, -0.2) is 47.6 Å². The Morgan fingerprint density at radius 2 is 1.86 bits per heavy atom. The summed E-state index contributed by atoms with van der Waals surface area (Å²) >= 11 is 0. The molecule has 2 aromatic carbocycles. The number of likely N-dealkylation sites (tertiary alicyclic amines) is 1. The molecule has 2 N–H and O–H groups in total. The van der Waals surface area contributed by atoms with E-state index in [0.717, 1.165) is 16.3 Å². The second-order valence-electron chi connectivity index (χ2n) is 5.54. The van der Waals surface area contributed by atoms with Gasteiger partial charge in [0.2, 0.25) is 11.8 Å². The van der Waals surface area contributed by atoms with Crippen LogP contribution in [0.25, 0.3) is 10.8 Å². The SMILES string of the molecule is O=C(Cc1cccc2ccccc12)NCC(=O)N1CC(O)C1. The molecule has 5 nitrogen and oxygen atoms in total. The van der Waals surface area contributed by atoms with Crippen LogP contribution in [0, 0.1) is 0 Å². The number of rotatable bonds is 4. The van der Waals surface area contributed by atoms with Gasteiger partial charge in [0.25, 0.3) is 0 Å². The molecule has 1 saturated heterocycles. The Morgan fingerprint density at radius 1 is 1.14 bits per heavy atom. The molecule has 3 rings (SSSR count). The maximum Gasteiger partial charge on any atom is 0.242 e. The highest BCUT2D eigenvalue weighted by Crippen LogP contribution is 2.18. The van der Waals surface area contributed by atoms with Crippen molar-refractivity contribution in [3.05, 3.63) is 48.0 Å². The number of amides is 2. The first-order valence-electron chi connectivity index (χ1n) is 7.32. The van der Waals surface area contributed by atoms with E-state index in [1.165, 1.54) is 4.90 Å². The van der Waals surface area contributed by atoms with E-state index in [1.54, 1.807) is 0 Å². The highest BCUT2D eigenvalue weighted by molar-refractivity contribution is 5.91. The molecule has 114 valence electrons. The molecule has 1 heterocycles. The van der Waals surface area contributed by atoms with Crippen molar-refractivity contribution in [1.29, 1.82) is 0 Å². The Bertz CT molecular complexity index is 703. The van der Waals surface area contributed by atoms with Crippen molar-refractivity contribution >= 4 is 22.6 Å². The van der Waals surface area contributed by atoms with Crippen molar-refractivity contribution in [2.75, 3.05) is 19.6 Å². The summed E-state index contributed by atoms with van der Waals surface area (Å²) in [6, 6.07) is 13.8. The Kier molecular flexibility index (Phi) is 4.06. The van der Waals surface area contributed by atoms with E-state index < -0.39 is 6.10 Å². The van der Waals surface area contributed by atoms with Crippen LogP contribution in [0.15, 0.2) is 42.5 Å². The summed E-state index contributed by atoms with van der Waals surface area (Å²) in [5, 5.41) is 14.0. The number of nitrogens with zero attached hydrogens (tertiary/aromatic N) is 1. The Balaban J connectivity index is 1.58. The van der Waals surface area contributed by atoms with Crippen molar-refractivity contribution in [3.8, 4) is 0 Å². The normalized spacial score (nSPS) is 14.7. The maximum atomic E-state index is 12.0. The smallest absolute Gasteiger partial charge is 0.242 e. The lowest BCUT2D eigenvalue weighted by atomic mass is 10.0. The fraction of sp³-hybridized carbons (Fsp3) is 0.294. The van der Waals surface area contributed by atoms with E-state index in [9.17, 15) is 9.59 Å². The topological polar surface area (TPSA) is 69.6 Å². The second-order valence-corrected chi connectivity index (χ2v) is 5.54. The number of aliphatic hydroxyl groups is 1. The third-order valence-corrected chi connectivity index (χ3v) is 3.88. The van der Waals surface area contributed by atoms with Crippen LogP contribution >= 0.6 is 0 Å². The molecule has 0 spiro atoms. The number of β-amino-alcohol motifs (C(OH)–C–C–N with tert-alkyl or cyclic N) is 1. The van der Waals surface area contributed by atoms with Gasteiger partial charge >= 0.3 is 0 Å². The average molecular weight is 298 g/mol. The summed E-state index contributed by atoms with van der Waals surface area (Å²) in [7, 11) is 0. The molecule has 0 saturated carbocycles. The van der Waals surface area contributed by atoms with E-state index >= 15 is 0 Å². The van der Waals surface area contributed by atoms with Crippen LogP contribution in [0.1, 0.15) is 5.56 Å². The molecule has 22 heavy (non-hydrogen) atoms. The largest absolute Gasteiger partial charge is 0.389 e. The molecule has 1 aliphatic heterocycles. The van der Waals surface area contributed by atoms with E-state index in [2.05, 4.69) is 5.32 Å². The van der Waals surface area contributed by atoms with Crippen LogP contribution in [0.4, 0.5) is 0 Å². The summed E-state index contributed by atoms with van der Waals surface area (Å²) in [5.41, 5.74) is 0.947. The number of hydrogen-bond acceptors (Lipinski definition) is 3. The van der Waals surface area contributed by atoms with Gasteiger partial charge in [-0.15, -0.1) is 0 Å². The number of nitrogens with one attached hydrogen (secondary N) is 1. The zero-order valence-corrected chi connectivity index (χ0v) is 12.2. The number of benzene rings is 2. The predicted molar refractivity (Wildman–Crippen MR) is 83.2 cm³/mol. The van der Waals surface area contributed by atoms with Gasteiger partial charge in [-0.2, -0.15) is 0 Å². The summed E-state index contributed by atoms with van der Waals surface area (Å²) in [6.45, 7) is 0.701. The third-order valence-electron chi connectivity index (χ3n) is 3.88. The van der Waals surface area contributed by atoms with Gasteiger partial charge in [-0.25, -0.2) is 0 Å². The van der Waals surface area contributed by atoms with Crippen molar-refractivity contribution < 1.29 is 14.7 Å². The van der Waals surface area contributed by atoms with Gasteiger partial charge in [0.1, 0.15) is 0 Å². The Morgan fingerprint density at radius 3 is 2.64 bits per heavy atom. The molecule has 5 heteroatoms. The predicted octanol–water partition coefficient (Wildman–Crippen LogP) is 0.702. The quantitative estimate of drug-likeness (QED) is 0.873. The van der Waals surface area contributed by atoms with Crippen LogP contribution in [0.5, 0.6) is 0 Å². The summed E-state index contributed by atoms with van der Waals surface area (Å²) in [4.78, 5) is 25.3. The van der Waals surface area contributed by atoms with Crippen molar-refractivity contribution in [2.24, 2.45) is 0 Å². The van der Waals surface area contributed by atoms with E-state index in [1.807, 2.05) is 42.5 Å².